The van der Waals surface area contributed by atoms with E-state index in [1.165, 1.54) is 24.4 Å². The van der Waals surface area contributed by atoms with E-state index < -0.39 is 10.1 Å². The third-order valence-corrected chi connectivity index (χ3v) is 3.88. The highest BCUT2D eigenvalue weighted by Crippen LogP contribution is 2.34. The maximum Gasteiger partial charge on any atom is 0.296 e. The highest BCUT2D eigenvalue weighted by atomic mass is 79.9. The molecule has 0 bridgehead atoms. The first-order valence-electron chi connectivity index (χ1n) is 4.15. The van der Waals surface area contributed by atoms with E-state index in [1.807, 2.05) is 0 Å². The molecule has 0 aliphatic rings. The van der Waals surface area contributed by atoms with E-state index in [0.29, 0.717) is 0 Å². The monoisotopic (exact) mass is 303 g/mol. The number of pyridine rings is 1. The number of benzene rings is 1. The lowest BCUT2D eigenvalue weighted by atomic mass is 10.2. The van der Waals surface area contributed by atoms with Gasteiger partial charge in [-0.2, -0.15) is 8.42 Å². The van der Waals surface area contributed by atoms with Crippen LogP contribution < -0.4 is 0 Å². The van der Waals surface area contributed by atoms with Gasteiger partial charge >= 0.3 is 0 Å². The Hall–Kier alpha value is -1.18. The summed E-state index contributed by atoms with van der Waals surface area (Å²) >= 11 is 2.98. The average molecular weight is 304 g/mol. The topological polar surface area (TPSA) is 87.5 Å². The molecule has 0 radical (unpaired) electrons. The maximum absolute atomic E-state index is 11.2. The van der Waals surface area contributed by atoms with Crippen molar-refractivity contribution in [2.24, 2.45) is 0 Å². The summed E-state index contributed by atoms with van der Waals surface area (Å²) in [6.07, 6.45) is 1.42. The van der Waals surface area contributed by atoms with E-state index in [1.54, 1.807) is 0 Å². The molecule has 2 rings (SSSR count). The summed E-state index contributed by atoms with van der Waals surface area (Å²) < 4.78 is 31.6. The van der Waals surface area contributed by atoms with Gasteiger partial charge in [0.25, 0.3) is 10.1 Å². The van der Waals surface area contributed by atoms with Crippen molar-refractivity contribution in [1.82, 2.24) is 4.98 Å². The van der Waals surface area contributed by atoms with Gasteiger partial charge in [-0.3, -0.25) is 9.54 Å². The van der Waals surface area contributed by atoms with Crippen molar-refractivity contribution in [2.75, 3.05) is 0 Å². The molecular formula is C9H6BrNO4S. The van der Waals surface area contributed by atoms with E-state index in [2.05, 4.69) is 20.9 Å². The highest BCUT2D eigenvalue weighted by Gasteiger charge is 2.20. The molecule has 7 heteroatoms. The Balaban J connectivity index is 3.05. The third-order valence-electron chi connectivity index (χ3n) is 2.03. The Morgan fingerprint density at radius 2 is 2.06 bits per heavy atom. The number of phenols is 1. The van der Waals surface area contributed by atoms with Crippen LogP contribution in [-0.2, 0) is 10.1 Å². The number of aromatic nitrogens is 1. The molecule has 0 atom stereocenters. The second-order valence-electron chi connectivity index (χ2n) is 3.08. The van der Waals surface area contributed by atoms with Gasteiger partial charge in [-0.15, -0.1) is 0 Å². The van der Waals surface area contributed by atoms with Gasteiger partial charge in [0.2, 0.25) is 0 Å². The lowest BCUT2D eigenvalue weighted by Gasteiger charge is -2.07. The van der Waals surface area contributed by atoms with Crippen LogP contribution in [-0.4, -0.2) is 23.1 Å². The summed E-state index contributed by atoms with van der Waals surface area (Å²) in [5, 5.41) is 9.74. The molecule has 0 aliphatic heterocycles. The van der Waals surface area contributed by atoms with Gasteiger partial charge in [-0.1, -0.05) is 0 Å². The fraction of sp³-hybridized carbons (Fsp3) is 0. The second-order valence-corrected chi connectivity index (χ2v) is 5.29. The van der Waals surface area contributed by atoms with Crippen molar-refractivity contribution < 1.29 is 18.1 Å². The van der Waals surface area contributed by atoms with Crippen molar-refractivity contribution in [3.05, 3.63) is 28.9 Å². The molecule has 16 heavy (non-hydrogen) atoms. The van der Waals surface area contributed by atoms with Crippen LogP contribution in [0, 0.1) is 0 Å². The van der Waals surface area contributed by atoms with E-state index >= 15 is 0 Å². The van der Waals surface area contributed by atoms with Crippen LogP contribution in [0.3, 0.4) is 0 Å². The van der Waals surface area contributed by atoms with Gasteiger partial charge in [0, 0.05) is 16.1 Å². The highest BCUT2D eigenvalue weighted by molar-refractivity contribution is 9.10. The number of phenolic OH excluding ortho intramolecular Hbond substituents is 1. The first-order chi connectivity index (χ1) is 7.41. The van der Waals surface area contributed by atoms with E-state index in [9.17, 15) is 13.5 Å². The first-order valence-corrected chi connectivity index (χ1v) is 6.38. The quantitative estimate of drug-likeness (QED) is 0.786. The van der Waals surface area contributed by atoms with Crippen molar-refractivity contribution in [3.8, 4) is 5.75 Å². The number of rotatable bonds is 1. The predicted molar refractivity (Wildman–Crippen MR) is 60.9 cm³/mol. The molecule has 5 nitrogen and oxygen atoms in total. The molecule has 0 saturated carbocycles. The molecule has 1 aromatic carbocycles. The molecule has 0 saturated heterocycles. The summed E-state index contributed by atoms with van der Waals surface area (Å²) in [6.45, 7) is 0. The van der Waals surface area contributed by atoms with Crippen LogP contribution >= 0.6 is 15.9 Å². The number of hydrogen-bond acceptors (Lipinski definition) is 4. The van der Waals surface area contributed by atoms with Gasteiger partial charge in [0.05, 0.1) is 0 Å². The molecule has 2 aromatic rings. The van der Waals surface area contributed by atoms with E-state index in [0.717, 1.165) is 0 Å². The number of nitrogens with zero attached hydrogens (tertiary/aromatic N) is 1. The molecule has 0 unspecified atom stereocenters. The minimum absolute atomic E-state index is 0.0907. The van der Waals surface area contributed by atoms with Crippen LogP contribution in [0.15, 0.2) is 33.8 Å². The van der Waals surface area contributed by atoms with Gasteiger partial charge in [0.15, 0.2) is 0 Å². The Morgan fingerprint density at radius 3 is 2.69 bits per heavy atom. The standard InChI is InChI=1S/C9H6BrNO4S/c10-6-4-7(12)8-5(2-1-3-11-8)9(6)16(13,14)15/h1-4,12H,(H,13,14,15). The lowest BCUT2D eigenvalue weighted by molar-refractivity contribution is 0.477. The lowest BCUT2D eigenvalue weighted by Crippen LogP contribution is -2.01. The smallest absolute Gasteiger partial charge is 0.296 e. The molecular weight excluding hydrogens is 298 g/mol. The molecule has 0 aliphatic carbocycles. The second kappa shape index (κ2) is 3.69. The zero-order valence-corrected chi connectivity index (χ0v) is 10.2. The summed E-state index contributed by atoms with van der Waals surface area (Å²) in [4.78, 5) is 3.55. The molecule has 1 heterocycles. The van der Waals surface area contributed by atoms with Crippen molar-refractivity contribution in [3.63, 3.8) is 0 Å². The van der Waals surface area contributed by atoms with Crippen molar-refractivity contribution in [1.29, 1.82) is 0 Å². The Bertz CT molecular complexity index is 669. The number of hydrogen-bond donors (Lipinski definition) is 2. The van der Waals surface area contributed by atoms with Gasteiger partial charge in [-0.05, 0) is 34.1 Å². The van der Waals surface area contributed by atoms with Crippen LogP contribution in [0.1, 0.15) is 0 Å². The van der Waals surface area contributed by atoms with Crippen molar-refractivity contribution in [2.45, 2.75) is 4.90 Å². The summed E-state index contributed by atoms with van der Waals surface area (Å²) in [5.74, 6) is -0.158. The van der Waals surface area contributed by atoms with E-state index in [-0.39, 0.29) is 26.0 Å². The SMILES string of the molecule is O=S(=O)(O)c1c(Br)cc(O)c2ncccc12. The largest absolute Gasteiger partial charge is 0.506 e. The van der Waals surface area contributed by atoms with Crippen LogP contribution in [0.5, 0.6) is 5.75 Å². The minimum atomic E-state index is -4.37. The first kappa shape index (κ1) is 11.3. The van der Waals surface area contributed by atoms with Crippen LogP contribution in [0.25, 0.3) is 10.9 Å². The van der Waals surface area contributed by atoms with Crippen LogP contribution in [0.4, 0.5) is 0 Å². The molecule has 2 N–H and O–H groups in total. The molecule has 0 amide bonds. The normalized spacial score (nSPS) is 11.9. The number of aromatic hydroxyl groups is 1. The Kier molecular flexibility index (Phi) is 2.61. The van der Waals surface area contributed by atoms with Crippen molar-refractivity contribution >= 4 is 37.0 Å². The molecule has 0 fully saturated rings. The fourth-order valence-electron chi connectivity index (χ4n) is 1.44. The van der Waals surface area contributed by atoms with Gasteiger partial charge in [-0.25, -0.2) is 0 Å². The zero-order valence-electron chi connectivity index (χ0n) is 7.75. The molecule has 84 valence electrons. The molecule has 1 aromatic heterocycles. The summed E-state index contributed by atoms with van der Waals surface area (Å²) in [7, 11) is -4.37. The molecule has 0 spiro atoms. The minimum Gasteiger partial charge on any atom is -0.506 e. The number of fused-ring (bicyclic) bond motifs is 1. The predicted octanol–water partition coefficient (Wildman–Crippen LogP) is 1.95. The van der Waals surface area contributed by atoms with Gasteiger partial charge in [0.1, 0.15) is 16.2 Å². The maximum atomic E-state index is 11.2. The Morgan fingerprint density at radius 1 is 1.38 bits per heavy atom. The summed E-state index contributed by atoms with van der Waals surface area (Å²) in [5.41, 5.74) is 0.123. The van der Waals surface area contributed by atoms with Gasteiger partial charge < -0.3 is 5.11 Å². The average Bonchev–Trinajstić information content (AvgIpc) is 2.15. The fourth-order valence-corrected chi connectivity index (χ4v) is 3.23. The Labute approximate surface area is 99.6 Å². The van der Waals surface area contributed by atoms with E-state index in [4.69, 9.17) is 4.55 Å². The zero-order chi connectivity index (χ0) is 11.9. The third kappa shape index (κ3) is 1.77. The van der Waals surface area contributed by atoms with Crippen LogP contribution in [0.2, 0.25) is 0 Å². The summed E-state index contributed by atoms with van der Waals surface area (Å²) in [6, 6.07) is 4.15. The number of halogens is 1.